The molecule has 0 saturated carbocycles. The standard InChI is InChI=1S/C43H37N5O3/c1-2-3-24-51-35-22-20-29(21-23-35)42(49)46-39-19-10-8-17-37(39)40-27-32(26-33-28-44-38-18-9-7-16-36(33)38)41(48-47-40)30-12-11-13-31(25-30)43(50)45-34-14-5-4-6-15-34/h4-23,25,27-28,44H,2-3,24,26H2,1H3,(H,45,50)(H,46,49). The summed E-state index contributed by atoms with van der Waals surface area (Å²) in [6.07, 6.45) is 4.61. The van der Waals surface area contributed by atoms with E-state index >= 15 is 0 Å². The van der Waals surface area contributed by atoms with Crippen molar-refractivity contribution in [3.8, 4) is 28.3 Å². The summed E-state index contributed by atoms with van der Waals surface area (Å²) < 4.78 is 5.76. The maximum atomic E-state index is 13.4. The minimum atomic E-state index is -0.239. The molecule has 0 spiro atoms. The second kappa shape index (κ2) is 15.3. The quantitative estimate of drug-likeness (QED) is 0.112. The van der Waals surface area contributed by atoms with Gasteiger partial charge in [0.05, 0.1) is 23.7 Å². The van der Waals surface area contributed by atoms with E-state index in [-0.39, 0.29) is 11.8 Å². The lowest BCUT2D eigenvalue weighted by molar-refractivity contribution is 0.101. The number of fused-ring (bicyclic) bond motifs is 1. The highest BCUT2D eigenvalue weighted by Crippen LogP contribution is 2.33. The van der Waals surface area contributed by atoms with E-state index in [1.807, 2.05) is 109 Å². The number of ether oxygens (including phenoxy) is 1. The van der Waals surface area contributed by atoms with Gasteiger partial charge >= 0.3 is 0 Å². The SMILES string of the molecule is CCCCOc1ccc(C(=O)Nc2ccccc2-c2cc(Cc3c[nH]c4ccccc34)c(-c3cccc(C(=O)Nc4ccccc4)c3)nn2)cc1. The number of nitrogens with one attached hydrogen (secondary N) is 3. The molecule has 2 amide bonds. The topological polar surface area (TPSA) is 109 Å². The van der Waals surface area contributed by atoms with Crippen molar-refractivity contribution < 1.29 is 14.3 Å². The second-order valence-corrected chi connectivity index (χ2v) is 12.3. The number of para-hydroxylation sites is 3. The molecular formula is C43H37N5O3. The Morgan fingerprint density at radius 3 is 2.31 bits per heavy atom. The fourth-order valence-corrected chi connectivity index (χ4v) is 6.00. The lowest BCUT2D eigenvalue weighted by atomic mass is 9.96. The summed E-state index contributed by atoms with van der Waals surface area (Å²) in [6.45, 7) is 2.76. The largest absolute Gasteiger partial charge is 0.494 e. The zero-order chi connectivity index (χ0) is 35.0. The first-order chi connectivity index (χ1) is 25.1. The highest BCUT2D eigenvalue weighted by molar-refractivity contribution is 6.06. The maximum absolute atomic E-state index is 13.4. The van der Waals surface area contributed by atoms with Crippen LogP contribution >= 0.6 is 0 Å². The molecule has 0 bridgehead atoms. The fraction of sp³-hybridized carbons (Fsp3) is 0.116. The molecule has 0 aliphatic heterocycles. The molecule has 0 radical (unpaired) electrons. The molecular weight excluding hydrogens is 635 g/mol. The Balaban J connectivity index is 1.22. The summed E-state index contributed by atoms with van der Waals surface area (Å²) in [5, 5.41) is 16.6. The molecule has 8 heteroatoms. The van der Waals surface area contributed by atoms with Crippen LogP contribution in [0.5, 0.6) is 5.75 Å². The zero-order valence-electron chi connectivity index (χ0n) is 28.2. The first kappa shape index (κ1) is 33.0. The van der Waals surface area contributed by atoms with Gasteiger partial charge in [-0.3, -0.25) is 9.59 Å². The number of benzene rings is 5. The van der Waals surface area contributed by atoms with Gasteiger partial charge in [0, 0.05) is 51.5 Å². The number of carbonyl (C=O) groups excluding carboxylic acids is 2. The van der Waals surface area contributed by atoms with Crippen molar-refractivity contribution in [2.24, 2.45) is 0 Å². The van der Waals surface area contributed by atoms with Crippen LogP contribution in [-0.4, -0.2) is 33.6 Å². The fourth-order valence-electron chi connectivity index (χ4n) is 6.00. The van der Waals surface area contributed by atoms with Crippen LogP contribution in [0.25, 0.3) is 33.4 Å². The van der Waals surface area contributed by atoms with Crippen molar-refractivity contribution in [1.82, 2.24) is 15.2 Å². The lowest BCUT2D eigenvalue weighted by Gasteiger charge is -2.14. The molecule has 7 aromatic rings. The van der Waals surface area contributed by atoms with Crippen molar-refractivity contribution >= 4 is 34.1 Å². The van der Waals surface area contributed by atoms with Gasteiger partial charge in [-0.15, -0.1) is 10.2 Å². The number of nitrogens with zero attached hydrogens (tertiary/aromatic N) is 2. The number of amides is 2. The second-order valence-electron chi connectivity index (χ2n) is 12.3. The van der Waals surface area contributed by atoms with Crippen LogP contribution in [0.3, 0.4) is 0 Å². The number of aromatic amines is 1. The van der Waals surface area contributed by atoms with Crippen molar-refractivity contribution in [2.75, 3.05) is 17.2 Å². The minimum Gasteiger partial charge on any atom is -0.494 e. The summed E-state index contributed by atoms with van der Waals surface area (Å²) in [7, 11) is 0. The van der Waals surface area contributed by atoms with E-state index in [9.17, 15) is 9.59 Å². The van der Waals surface area contributed by atoms with E-state index in [0.717, 1.165) is 57.4 Å². The summed E-state index contributed by atoms with van der Waals surface area (Å²) in [5.41, 5.74) is 8.22. The Bertz CT molecular complexity index is 2300. The van der Waals surface area contributed by atoms with E-state index in [1.54, 1.807) is 18.2 Å². The van der Waals surface area contributed by atoms with Crippen molar-refractivity contribution in [1.29, 1.82) is 0 Å². The number of aromatic nitrogens is 3. The molecule has 0 fully saturated rings. The number of hydrogen-bond donors (Lipinski definition) is 3. The average molecular weight is 672 g/mol. The van der Waals surface area contributed by atoms with Crippen LogP contribution in [0.15, 0.2) is 140 Å². The van der Waals surface area contributed by atoms with Gasteiger partial charge in [0.15, 0.2) is 0 Å². The average Bonchev–Trinajstić information content (AvgIpc) is 3.58. The van der Waals surface area contributed by atoms with Gasteiger partial charge in [-0.2, -0.15) is 0 Å². The van der Waals surface area contributed by atoms with Crippen LogP contribution in [-0.2, 0) is 6.42 Å². The predicted octanol–water partition coefficient (Wildman–Crippen LogP) is 9.57. The number of carbonyl (C=O) groups is 2. The van der Waals surface area contributed by atoms with Crippen molar-refractivity contribution in [3.05, 3.63) is 162 Å². The third-order valence-corrected chi connectivity index (χ3v) is 8.69. The van der Waals surface area contributed by atoms with E-state index < -0.39 is 0 Å². The summed E-state index contributed by atoms with van der Waals surface area (Å²) in [4.78, 5) is 30.0. The summed E-state index contributed by atoms with van der Waals surface area (Å²) in [5.74, 6) is 0.284. The third-order valence-electron chi connectivity index (χ3n) is 8.69. The smallest absolute Gasteiger partial charge is 0.255 e. The molecule has 0 unspecified atom stereocenters. The molecule has 0 atom stereocenters. The van der Waals surface area contributed by atoms with Gasteiger partial charge in [0.25, 0.3) is 11.8 Å². The molecule has 0 aliphatic carbocycles. The van der Waals surface area contributed by atoms with Crippen LogP contribution in [0.1, 0.15) is 51.6 Å². The molecule has 2 aromatic heterocycles. The molecule has 2 heterocycles. The van der Waals surface area contributed by atoms with Crippen molar-refractivity contribution in [2.45, 2.75) is 26.2 Å². The molecule has 8 nitrogen and oxygen atoms in total. The number of unbranched alkanes of at least 4 members (excludes halogenated alkanes) is 1. The van der Waals surface area contributed by atoms with Gasteiger partial charge in [-0.1, -0.05) is 80.1 Å². The Morgan fingerprint density at radius 2 is 1.47 bits per heavy atom. The van der Waals surface area contributed by atoms with E-state index in [2.05, 4.69) is 39.8 Å². The minimum absolute atomic E-state index is 0.214. The van der Waals surface area contributed by atoms with Crippen LogP contribution in [0, 0.1) is 0 Å². The van der Waals surface area contributed by atoms with Crippen molar-refractivity contribution in [3.63, 3.8) is 0 Å². The van der Waals surface area contributed by atoms with Gasteiger partial charge in [0.1, 0.15) is 5.75 Å². The Morgan fingerprint density at radius 1 is 0.706 bits per heavy atom. The molecule has 252 valence electrons. The summed E-state index contributed by atoms with van der Waals surface area (Å²) >= 11 is 0. The van der Waals surface area contributed by atoms with Gasteiger partial charge in [-0.05, 0) is 84.3 Å². The van der Waals surface area contributed by atoms with Gasteiger partial charge < -0.3 is 20.4 Å². The number of anilines is 2. The van der Waals surface area contributed by atoms with E-state index in [1.165, 1.54) is 0 Å². The highest BCUT2D eigenvalue weighted by atomic mass is 16.5. The Hall–Kier alpha value is -6.54. The van der Waals surface area contributed by atoms with E-state index in [0.29, 0.717) is 41.2 Å². The first-order valence-electron chi connectivity index (χ1n) is 17.1. The van der Waals surface area contributed by atoms with Gasteiger partial charge in [-0.25, -0.2) is 0 Å². The summed E-state index contributed by atoms with van der Waals surface area (Å²) in [6, 6.07) is 41.7. The van der Waals surface area contributed by atoms with Crippen LogP contribution in [0.4, 0.5) is 11.4 Å². The normalized spacial score (nSPS) is 10.9. The van der Waals surface area contributed by atoms with Crippen LogP contribution < -0.4 is 15.4 Å². The molecule has 7 rings (SSSR count). The molecule has 0 saturated heterocycles. The zero-order valence-corrected chi connectivity index (χ0v) is 28.2. The monoisotopic (exact) mass is 671 g/mol. The number of H-pyrrole nitrogens is 1. The predicted molar refractivity (Wildman–Crippen MR) is 203 cm³/mol. The molecule has 51 heavy (non-hydrogen) atoms. The maximum Gasteiger partial charge on any atom is 0.255 e. The molecule has 3 N–H and O–H groups in total. The van der Waals surface area contributed by atoms with Gasteiger partial charge in [0.2, 0.25) is 0 Å². The Labute approximate surface area is 296 Å². The van der Waals surface area contributed by atoms with Crippen LogP contribution in [0.2, 0.25) is 0 Å². The third kappa shape index (κ3) is 7.71. The Kier molecular flexibility index (Phi) is 9.92. The molecule has 5 aromatic carbocycles. The van der Waals surface area contributed by atoms with E-state index in [4.69, 9.17) is 9.84 Å². The number of rotatable bonds is 12. The molecule has 0 aliphatic rings. The first-order valence-corrected chi connectivity index (χ1v) is 17.1. The lowest BCUT2D eigenvalue weighted by Crippen LogP contribution is -2.13. The number of hydrogen-bond acceptors (Lipinski definition) is 5. The highest BCUT2D eigenvalue weighted by Gasteiger charge is 2.18.